The third-order valence-electron chi connectivity index (χ3n) is 1.58. The highest BCUT2D eigenvalue weighted by Gasteiger charge is 1.93. The van der Waals surface area contributed by atoms with Crippen LogP contribution in [0.2, 0.25) is 0 Å². The zero-order valence-corrected chi connectivity index (χ0v) is 9.55. The van der Waals surface area contributed by atoms with E-state index in [0.29, 0.717) is 0 Å². The molecule has 0 atom stereocenters. The summed E-state index contributed by atoms with van der Waals surface area (Å²) in [4.78, 5) is 1.34. The van der Waals surface area contributed by atoms with Gasteiger partial charge in [-0.05, 0) is 17.0 Å². The van der Waals surface area contributed by atoms with E-state index in [2.05, 4.69) is 55.6 Å². The summed E-state index contributed by atoms with van der Waals surface area (Å²) in [7, 11) is 0. The molecule has 0 saturated carbocycles. The van der Waals surface area contributed by atoms with E-state index in [4.69, 9.17) is 0 Å². The molecule has 0 nitrogen and oxygen atoms in total. The van der Waals surface area contributed by atoms with Crippen LogP contribution >= 0.6 is 11.3 Å². The van der Waals surface area contributed by atoms with Crippen molar-refractivity contribution in [2.75, 3.05) is 0 Å². The van der Waals surface area contributed by atoms with E-state index < -0.39 is 0 Å². The molecule has 0 aliphatic heterocycles. The lowest BCUT2D eigenvalue weighted by Crippen LogP contribution is -1.67. The lowest BCUT2D eigenvalue weighted by molar-refractivity contribution is 1.09. The first kappa shape index (κ1) is 11.0. The Hall–Kier alpha value is -1.08. The van der Waals surface area contributed by atoms with Crippen LogP contribution in [0.5, 0.6) is 0 Å². The Morgan fingerprint density at radius 3 is 2.07 bits per heavy atom. The number of hydrogen-bond donors (Lipinski definition) is 0. The predicted molar refractivity (Wildman–Crippen MR) is 65.7 cm³/mol. The Labute approximate surface area is 90.2 Å². The highest BCUT2D eigenvalue weighted by atomic mass is 32.1. The average molecular weight is 204 g/mol. The summed E-state index contributed by atoms with van der Waals surface area (Å²) in [5.74, 6) is 0. The van der Waals surface area contributed by atoms with Crippen LogP contribution in [0.3, 0.4) is 0 Å². The van der Waals surface area contributed by atoms with Gasteiger partial charge in [-0.25, -0.2) is 0 Å². The van der Waals surface area contributed by atoms with Gasteiger partial charge >= 0.3 is 0 Å². The van der Waals surface area contributed by atoms with E-state index in [9.17, 15) is 0 Å². The Bertz CT molecular complexity index is 321. The molecule has 1 aromatic carbocycles. The Morgan fingerprint density at radius 1 is 0.929 bits per heavy atom. The van der Waals surface area contributed by atoms with E-state index in [1.165, 1.54) is 16.9 Å². The molecule has 14 heavy (non-hydrogen) atoms. The molecule has 0 spiro atoms. The molecule has 1 heteroatoms. The van der Waals surface area contributed by atoms with Crippen molar-refractivity contribution in [3.63, 3.8) is 0 Å². The molecule has 0 fully saturated rings. The van der Waals surface area contributed by atoms with Crippen molar-refractivity contribution in [3.8, 4) is 10.4 Å². The zero-order chi connectivity index (χ0) is 10.2. The second kappa shape index (κ2) is 6.39. The molecule has 2 rings (SSSR count). The monoisotopic (exact) mass is 204 g/mol. The maximum absolute atomic E-state index is 2.14. The van der Waals surface area contributed by atoms with E-state index in [-0.39, 0.29) is 0 Å². The summed E-state index contributed by atoms with van der Waals surface area (Å²) < 4.78 is 0. The van der Waals surface area contributed by atoms with Crippen LogP contribution in [-0.2, 0) is 0 Å². The van der Waals surface area contributed by atoms with Crippen LogP contribution in [0, 0.1) is 0 Å². The van der Waals surface area contributed by atoms with Gasteiger partial charge in [-0.3, -0.25) is 0 Å². The molecule has 0 saturated heterocycles. The normalized spacial score (nSPS) is 9.00. The predicted octanol–water partition coefficient (Wildman–Crippen LogP) is 4.83. The van der Waals surface area contributed by atoms with Gasteiger partial charge in [0.25, 0.3) is 0 Å². The molecule has 0 unspecified atom stereocenters. The largest absolute Gasteiger partial charge is 0.144 e. The molecule has 2 aromatic rings. The van der Waals surface area contributed by atoms with Gasteiger partial charge < -0.3 is 0 Å². The van der Waals surface area contributed by atoms with Crippen molar-refractivity contribution < 1.29 is 0 Å². The minimum atomic E-state index is 1.25. The van der Waals surface area contributed by atoms with Crippen molar-refractivity contribution >= 4 is 11.3 Å². The molecule has 0 amide bonds. The van der Waals surface area contributed by atoms with E-state index in [1.54, 1.807) is 11.3 Å². The molecule has 1 aromatic heterocycles. The Morgan fingerprint density at radius 2 is 1.57 bits per heavy atom. The number of benzene rings is 1. The van der Waals surface area contributed by atoms with Crippen molar-refractivity contribution in [2.45, 2.75) is 20.3 Å². The molecule has 0 aliphatic rings. The van der Waals surface area contributed by atoms with Crippen LogP contribution in [-0.4, -0.2) is 0 Å². The van der Waals surface area contributed by atoms with Gasteiger partial charge in [0.15, 0.2) is 0 Å². The number of rotatable bonds is 1. The topological polar surface area (TPSA) is 0 Å². The van der Waals surface area contributed by atoms with Gasteiger partial charge in [-0.2, -0.15) is 0 Å². The SMILES string of the molecule is CCC.c1ccc(-c2cccs2)cc1. The quantitative estimate of drug-likeness (QED) is 0.624. The van der Waals surface area contributed by atoms with Crippen molar-refractivity contribution in [1.29, 1.82) is 0 Å². The molecule has 1 heterocycles. The number of thiophene rings is 1. The van der Waals surface area contributed by atoms with E-state index in [0.717, 1.165) is 0 Å². The minimum absolute atomic E-state index is 1.25. The fraction of sp³-hybridized carbons (Fsp3) is 0.231. The first-order chi connectivity index (χ1) is 6.88. The smallest absolute Gasteiger partial charge is 0.0342 e. The van der Waals surface area contributed by atoms with Gasteiger partial charge in [-0.15, -0.1) is 11.3 Å². The van der Waals surface area contributed by atoms with Crippen LogP contribution in [0.4, 0.5) is 0 Å². The zero-order valence-electron chi connectivity index (χ0n) is 8.73. The lowest BCUT2D eigenvalue weighted by Gasteiger charge is -1.93. The van der Waals surface area contributed by atoms with Crippen LogP contribution in [0.25, 0.3) is 10.4 Å². The number of hydrogen-bond acceptors (Lipinski definition) is 1. The molecule has 0 bridgehead atoms. The summed E-state index contributed by atoms with van der Waals surface area (Å²) in [6.45, 7) is 4.25. The van der Waals surface area contributed by atoms with Crippen LogP contribution < -0.4 is 0 Å². The van der Waals surface area contributed by atoms with Crippen LogP contribution in [0.1, 0.15) is 20.3 Å². The van der Waals surface area contributed by atoms with Crippen molar-refractivity contribution in [1.82, 2.24) is 0 Å². The van der Waals surface area contributed by atoms with Gasteiger partial charge in [0, 0.05) is 4.88 Å². The van der Waals surface area contributed by atoms with Gasteiger partial charge in [0.05, 0.1) is 0 Å². The molecule has 74 valence electrons. The van der Waals surface area contributed by atoms with E-state index in [1.807, 2.05) is 6.07 Å². The summed E-state index contributed by atoms with van der Waals surface area (Å²) in [5.41, 5.74) is 1.31. The molecule has 0 radical (unpaired) electrons. The maximum Gasteiger partial charge on any atom is 0.0342 e. The summed E-state index contributed by atoms with van der Waals surface area (Å²) in [5, 5.41) is 2.10. The van der Waals surface area contributed by atoms with Crippen molar-refractivity contribution in [2.24, 2.45) is 0 Å². The second-order valence-electron chi connectivity index (χ2n) is 3.05. The third-order valence-corrected chi connectivity index (χ3v) is 2.50. The standard InChI is InChI=1S/C10H8S.C3H8/c1-2-5-9(6-3-1)10-7-4-8-11-10;1-3-2/h1-8H;3H2,1-2H3. The average Bonchev–Trinajstić information content (AvgIpc) is 2.73. The van der Waals surface area contributed by atoms with Gasteiger partial charge in [0.2, 0.25) is 0 Å². The first-order valence-electron chi connectivity index (χ1n) is 4.97. The van der Waals surface area contributed by atoms with Crippen molar-refractivity contribution in [3.05, 3.63) is 47.8 Å². The molecule has 0 aliphatic carbocycles. The fourth-order valence-electron chi connectivity index (χ4n) is 1.05. The highest BCUT2D eigenvalue weighted by molar-refractivity contribution is 7.13. The maximum atomic E-state index is 2.14. The van der Waals surface area contributed by atoms with E-state index >= 15 is 0 Å². The summed E-state index contributed by atoms with van der Waals surface area (Å²) in [6, 6.07) is 14.6. The van der Waals surface area contributed by atoms with Gasteiger partial charge in [-0.1, -0.05) is 56.7 Å². The first-order valence-corrected chi connectivity index (χ1v) is 5.85. The molecular formula is C13H16S. The second-order valence-corrected chi connectivity index (χ2v) is 4.00. The Kier molecular flexibility index (Phi) is 5.02. The summed E-state index contributed by atoms with van der Waals surface area (Å²) in [6.07, 6.45) is 1.25. The fourth-order valence-corrected chi connectivity index (χ4v) is 1.78. The Balaban J connectivity index is 0.000000293. The highest BCUT2D eigenvalue weighted by Crippen LogP contribution is 2.23. The summed E-state index contributed by atoms with van der Waals surface area (Å²) >= 11 is 1.78. The molecule has 0 N–H and O–H groups in total. The van der Waals surface area contributed by atoms with Crippen LogP contribution in [0.15, 0.2) is 47.8 Å². The lowest BCUT2D eigenvalue weighted by atomic mass is 10.2. The third kappa shape index (κ3) is 3.35. The minimum Gasteiger partial charge on any atom is -0.144 e. The molecular weight excluding hydrogens is 188 g/mol. The van der Waals surface area contributed by atoms with Gasteiger partial charge in [0.1, 0.15) is 0 Å².